The van der Waals surface area contributed by atoms with E-state index in [4.69, 9.17) is 4.74 Å². The molecule has 3 rings (SSSR count). The van der Waals surface area contributed by atoms with Crippen LogP contribution in [0.5, 0.6) is 5.75 Å². The first-order valence-electron chi connectivity index (χ1n) is 8.29. The number of nitrogens with zero attached hydrogens (tertiary/aromatic N) is 2. The molecule has 1 saturated heterocycles. The lowest BCUT2D eigenvalue weighted by atomic mass is 10.1. The van der Waals surface area contributed by atoms with Crippen LogP contribution >= 0.6 is 0 Å². The summed E-state index contributed by atoms with van der Waals surface area (Å²) in [6.45, 7) is 3.21. The summed E-state index contributed by atoms with van der Waals surface area (Å²) in [6, 6.07) is 7.26. The van der Waals surface area contributed by atoms with E-state index in [1.54, 1.807) is 25.4 Å². The zero-order valence-corrected chi connectivity index (χ0v) is 14.4. The lowest BCUT2D eigenvalue weighted by Crippen LogP contribution is -2.28. The zero-order chi connectivity index (χ0) is 17.8. The van der Waals surface area contributed by atoms with Crippen molar-refractivity contribution < 1.29 is 14.3 Å². The molecule has 1 aliphatic rings. The minimum absolute atomic E-state index is 0.0232. The number of carbonyl (C=O) groups is 2. The lowest BCUT2D eigenvalue weighted by molar-refractivity contribution is -0.119. The number of methoxy groups -OCH3 is 1. The number of amides is 2. The average molecular weight is 342 g/mol. The Hall–Kier alpha value is -2.83. The monoisotopic (exact) mass is 342 g/mol. The second kappa shape index (κ2) is 7.38. The number of rotatable bonds is 5. The summed E-state index contributed by atoms with van der Waals surface area (Å²) in [6.07, 6.45) is 2.59. The van der Waals surface area contributed by atoms with Crippen LogP contribution in [0.15, 0.2) is 30.5 Å². The van der Waals surface area contributed by atoms with E-state index in [9.17, 15) is 9.59 Å². The van der Waals surface area contributed by atoms with Crippen molar-refractivity contribution in [2.75, 3.05) is 20.2 Å². The Balaban J connectivity index is 1.65. The van der Waals surface area contributed by atoms with E-state index >= 15 is 0 Å². The quantitative estimate of drug-likeness (QED) is 0.865. The Labute approximate surface area is 146 Å². The molecule has 25 heavy (non-hydrogen) atoms. The molecule has 7 nitrogen and oxygen atoms in total. The van der Waals surface area contributed by atoms with Crippen molar-refractivity contribution in [3.63, 3.8) is 0 Å². The maximum atomic E-state index is 12.8. The fourth-order valence-electron chi connectivity index (χ4n) is 3.05. The summed E-state index contributed by atoms with van der Waals surface area (Å²) in [4.78, 5) is 33.2. The number of likely N-dealkylation sites (tertiary alicyclic amines) is 1. The van der Waals surface area contributed by atoms with E-state index in [-0.39, 0.29) is 17.7 Å². The third-order valence-electron chi connectivity index (χ3n) is 4.38. The molecule has 2 heterocycles. The molecule has 0 spiro atoms. The summed E-state index contributed by atoms with van der Waals surface area (Å²) in [5.74, 6) is 1.52. The molecule has 7 heteroatoms. The van der Waals surface area contributed by atoms with Gasteiger partial charge in [0.15, 0.2) is 0 Å². The molecular weight excluding hydrogens is 320 g/mol. The molecule has 132 valence electrons. The molecule has 1 atom stereocenters. The van der Waals surface area contributed by atoms with Gasteiger partial charge in [-0.2, -0.15) is 0 Å². The first-order valence-corrected chi connectivity index (χ1v) is 8.29. The second-order valence-electron chi connectivity index (χ2n) is 6.14. The predicted octanol–water partition coefficient (Wildman–Crippen LogP) is 1.68. The van der Waals surface area contributed by atoms with Gasteiger partial charge in [-0.25, -0.2) is 4.98 Å². The number of para-hydroxylation sites is 1. The molecule has 0 radical (unpaired) electrons. The van der Waals surface area contributed by atoms with Gasteiger partial charge in [-0.1, -0.05) is 12.1 Å². The number of benzene rings is 1. The number of nitrogens with one attached hydrogen (secondary N) is 2. The van der Waals surface area contributed by atoms with Gasteiger partial charge in [-0.3, -0.25) is 9.59 Å². The molecule has 0 aliphatic carbocycles. The van der Waals surface area contributed by atoms with Gasteiger partial charge in [-0.15, -0.1) is 0 Å². The van der Waals surface area contributed by atoms with Crippen molar-refractivity contribution in [2.45, 2.75) is 25.8 Å². The van der Waals surface area contributed by atoms with E-state index in [0.29, 0.717) is 30.9 Å². The molecule has 1 aromatic heterocycles. The molecule has 0 unspecified atom stereocenters. The van der Waals surface area contributed by atoms with Gasteiger partial charge >= 0.3 is 0 Å². The summed E-state index contributed by atoms with van der Waals surface area (Å²) >= 11 is 0. The van der Waals surface area contributed by atoms with E-state index in [2.05, 4.69) is 15.3 Å². The number of H-pyrrole nitrogens is 1. The minimum Gasteiger partial charge on any atom is -0.496 e. The molecule has 1 aliphatic heterocycles. The Morgan fingerprint density at radius 3 is 2.96 bits per heavy atom. The van der Waals surface area contributed by atoms with Crippen LogP contribution in [-0.4, -0.2) is 46.9 Å². The van der Waals surface area contributed by atoms with Crippen molar-refractivity contribution in [3.8, 4) is 5.75 Å². The third-order valence-corrected chi connectivity index (χ3v) is 4.38. The number of ether oxygens (including phenoxy) is 1. The largest absolute Gasteiger partial charge is 0.496 e. The fraction of sp³-hybridized carbons (Fsp3) is 0.389. The molecule has 1 aromatic carbocycles. The normalized spacial score (nSPS) is 16.7. The fourth-order valence-corrected chi connectivity index (χ4v) is 3.05. The van der Waals surface area contributed by atoms with Crippen LogP contribution in [0.3, 0.4) is 0 Å². The van der Waals surface area contributed by atoms with Crippen molar-refractivity contribution in [3.05, 3.63) is 47.5 Å². The third kappa shape index (κ3) is 3.81. The highest BCUT2D eigenvalue weighted by atomic mass is 16.5. The predicted molar refractivity (Wildman–Crippen MR) is 92.4 cm³/mol. The van der Waals surface area contributed by atoms with Crippen LogP contribution in [0.4, 0.5) is 0 Å². The topological polar surface area (TPSA) is 87.3 Å². The first-order chi connectivity index (χ1) is 12.1. The van der Waals surface area contributed by atoms with Crippen molar-refractivity contribution >= 4 is 11.8 Å². The van der Waals surface area contributed by atoms with Gasteiger partial charge in [0.05, 0.1) is 31.1 Å². The van der Waals surface area contributed by atoms with Crippen LogP contribution < -0.4 is 10.1 Å². The van der Waals surface area contributed by atoms with Crippen LogP contribution in [0.25, 0.3) is 0 Å². The van der Waals surface area contributed by atoms with Crippen molar-refractivity contribution in [1.82, 2.24) is 20.2 Å². The Morgan fingerprint density at radius 2 is 2.20 bits per heavy atom. The van der Waals surface area contributed by atoms with Crippen LogP contribution in [0, 0.1) is 0 Å². The first kappa shape index (κ1) is 17.0. The Kier molecular flexibility index (Phi) is 5.02. The standard InChI is InChI=1S/C18H22N4O3/c1-12(23)19-9-14-10-20-17(21-14)13-7-8-22(11-13)18(24)15-5-3-4-6-16(15)25-2/h3-6,10,13H,7-9,11H2,1-2H3,(H,19,23)(H,20,21)/t13-/m1/s1. The summed E-state index contributed by atoms with van der Waals surface area (Å²) < 4.78 is 5.29. The highest BCUT2D eigenvalue weighted by Gasteiger charge is 2.30. The average Bonchev–Trinajstić information content (AvgIpc) is 3.28. The highest BCUT2D eigenvalue weighted by Crippen LogP contribution is 2.28. The van der Waals surface area contributed by atoms with Crippen molar-refractivity contribution in [2.24, 2.45) is 0 Å². The van der Waals surface area contributed by atoms with E-state index < -0.39 is 0 Å². The minimum atomic E-state index is -0.0782. The number of hydrogen-bond acceptors (Lipinski definition) is 4. The molecule has 2 aromatic rings. The number of hydrogen-bond donors (Lipinski definition) is 2. The molecule has 1 fully saturated rings. The molecular formula is C18H22N4O3. The number of imidazole rings is 1. The number of aromatic amines is 1. The smallest absolute Gasteiger partial charge is 0.257 e. The van der Waals surface area contributed by atoms with Crippen LogP contribution in [0.2, 0.25) is 0 Å². The summed E-state index contributed by atoms with van der Waals surface area (Å²) in [5.41, 5.74) is 1.44. The highest BCUT2D eigenvalue weighted by molar-refractivity contribution is 5.97. The van der Waals surface area contributed by atoms with Gasteiger partial charge in [-0.05, 0) is 18.6 Å². The van der Waals surface area contributed by atoms with Gasteiger partial charge < -0.3 is 19.9 Å². The Bertz CT molecular complexity index is 771. The maximum Gasteiger partial charge on any atom is 0.257 e. The molecule has 0 saturated carbocycles. The van der Waals surface area contributed by atoms with E-state index in [1.165, 1.54) is 6.92 Å². The number of aromatic nitrogens is 2. The lowest BCUT2D eigenvalue weighted by Gasteiger charge is -2.17. The zero-order valence-electron chi connectivity index (χ0n) is 14.4. The van der Waals surface area contributed by atoms with E-state index in [1.807, 2.05) is 17.0 Å². The van der Waals surface area contributed by atoms with Gasteiger partial charge in [0.25, 0.3) is 5.91 Å². The molecule has 0 bridgehead atoms. The molecule has 2 amide bonds. The summed E-state index contributed by atoms with van der Waals surface area (Å²) in [5, 5.41) is 2.74. The second-order valence-corrected chi connectivity index (χ2v) is 6.14. The van der Waals surface area contributed by atoms with Crippen molar-refractivity contribution in [1.29, 1.82) is 0 Å². The van der Waals surface area contributed by atoms with Gasteiger partial charge in [0, 0.05) is 25.9 Å². The van der Waals surface area contributed by atoms with E-state index in [0.717, 1.165) is 17.9 Å². The molecule has 2 N–H and O–H groups in total. The maximum absolute atomic E-state index is 12.8. The Morgan fingerprint density at radius 1 is 1.40 bits per heavy atom. The van der Waals surface area contributed by atoms with Gasteiger partial charge in [0.1, 0.15) is 11.6 Å². The summed E-state index contributed by atoms with van der Waals surface area (Å²) in [7, 11) is 1.57. The van der Waals surface area contributed by atoms with Crippen LogP contribution in [-0.2, 0) is 11.3 Å². The number of carbonyl (C=O) groups excluding carboxylic acids is 2. The SMILES string of the molecule is COc1ccccc1C(=O)N1CC[C@@H](c2ncc(CNC(C)=O)[nH]2)C1. The van der Waals surface area contributed by atoms with Crippen LogP contribution in [0.1, 0.15) is 41.1 Å². The van der Waals surface area contributed by atoms with Gasteiger partial charge in [0.2, 0.25) is 5.91 Å².